The summed E-state index contributed by atoms with van der Waals surface area (Å²) in [5.74, 6) is 0.900. The van der Waals surface area contributed by atoms with E-state index in [1.807, 2.05) is 0 Å². The Morgan fingerprint density at radius 2 is 0.750 bits per heavy atom. The highest BCUT2D eigenvalue weighted by atomic mass is 14.0. The fraction of sp³-hybridized carbons (Fsp3) is 1.00. The molecule has 0 amide bonds. The Morgan fingerprint density at radius 1 is 0.450 bits per heavy atom. The van der Waals surface area contributed by atoms with Gasteiger partial charge in [0.25, 0.3) is 0 Å². The second-order valence-corrected chi connectivity index (χ2v) is 7.13. The van der Waals surface area contributed by atoms with Gasteiger partial charge < -0.3 is 0 Å². The van der Waals surface area contributed by atoms with E-state index in [-0.39, 0.29) is 0 Å². The minimum atomic E-state index is 0.900. The topological polar surface area (TPSA) is 0 Å². The van der Waals surface area contributed by atoms with Gasteiger partial charge in [-0.3, -0.25) is 0 Å². The van der Waals surface area contributed by atoms with Crippen LogP contribution in [0.25, 0.3) is 0 Å². The summed E-state index contributed by atoms with van der Waals surface area (Å²) in [4.78, 5) is 0. The Hall–Kier alpha value is 0. The Bertz CT molecular complexity index is 159. The van der Waals surface area contributed by atoms with Crippen molar-refractivity contribution in [1.82, 2.24) is 0 Å². The van der Waals surface area contributed by atoms with E-state index in [4.69, 9.17) is 0 Å². The molecule has 0 aromatic carbocycles. The summed E-state index contributed by atoms with van der Waals surface area (Å²) in [6.45, 7) is 6.97. The van der Waals surface area contributed by atoms with Crippen molar-refractivity contribution in [2.75, 3.05) is 0 Å². The van der Waals surface area contributed by atoms with Gasteiger partial charge in [0.2, 0.25) is 0 Å². The lowest BCUT2D eigenvalue weighted by atomic mass is 10.0. The molecule has 0 N–H and O–H groups in total. The first-order valence-electron chi connectivity index (χ1n) is 9.77. The maximum atomic E-state index is 2.34. The largest absolute Gasteiger partial charge is 0.0654 e. The molecule has 0 nitrogen and oxygen atoms in total. The van der Waals surface area contributed by atoms with Crippen LogP contribution in [-0.2, 0) is 0 Å². The summed E-state index contributed by atoms with van der Waals surface area (Å²) in [7, 11) is 0. The second kappa shape index (κ2) is 17.1. The number of unbranched alkanes of at least 4 members (excludes halogenated alkanes) is 14. The molecule has 0 atom stereocenters. The van der Waals surface area contributed by atoms with Crippen molar-refractivity contribution in [3.63, 3.8) is 0 Å². The first-order valence-corrected chi connectivity index (χ1v) is 9.77. The lowest BCUT2D eigenvalue weighted by Gasteiger charge is -2.05. The maximum absolute atomic E-state index is 2.34. The Kier molecular flexibility index (Phi) is 17.1. The normalized spacial score (nSPS) is 11.4. The quantitative estimate of drug-likeness (QED) is 0.252. The highest BCUT2D eigenvalue weighted by Gasteiger charge is 1.95. The molecule has 0 bridgehead atoms. The molecule has 0 saturated carbocycles. The van der Waals surface area contributed by atoms with E-state index in [1.54, 1.807) is 0 Å². The summed E-state index contributed by atoms with van der Waals surface area (Å²) in [5, 5.41) is 0. The summed E-state index contributed by atoms with van der Waals surface area (Å²) >= 11 is 0. The molecular formula is C20H42. The van der Waals surface area contributed by atoms with Gasteiger partial charge in [-0.2, -0.15) is 0 Å². The predicted octanol–water partition coefficient (Wildman–Crippen LogP) is 7.90. The summed E-state index contributed by atoms with van der Waals surface area (Å²) < 4.78 is 0. The molecule has 0 heteroatoms. The summed E-state index contributed by atoms with van der Waals surface area (Å²) in [5.41, 5.74) is 0. The fourth-order valence-corrected chi connectivity index (χ4v) is 2.92. The van der Waals surface area contributed by atoms with Crippen molar-refractivity contribution >= 4 is 0 Å². The molecule has 0 heterocycles. The van der Waals surface area contributed by atoms with E-state index >= 15 is 0 Å². The van der Waals surface area contributed by atoms with Gasteiger partial charge in [0.15, 0.2) is 0 Å². The SMILES string of the molecule is CCCCCCCCCCCCCCCCCC(C)C. The van der Waals surface area contributed by atoms with E-state index in [0.29, 0.717) is 0 Å². The molecule has 0 aliphatic heterocycles. The maximum Gasteiger partial charge on any atom is -0.0471 e. The number of hydrogen-bond acceptors (Lipinski definition) is 0. The van der Waals surface area contributed by atoms with Gasteiger partial charge in [-0.25, -0.2) is 0 Å². The van der Waals surface area contributed by atoms with Crippen LogP contribution < -0.4 is 0 Å². The van der Waals surface area contributed by atoms with Gasteiger partial charge >= 0.3 is 0 Å². The van der Waals surface area contributed by atoms with Gasteiger partial charge in [-0.15, -0.1) is 0 Å². The van der Waals surface area contributed by atoms with Gasteiger partial charge in [-0.05, 0) is 5.92 Å². The average Bonchev–Trinajstić information content (AvgIpc) is 2.43. The molecule has 122 valence electrons. The first-order chi connectivity index (χ1) is 9.77. The van der Waals surface area contributed by atoms with E-state index < -0.39 is 0 Å². The van der Waals surface area contributed by atoms with Crippen LogP contribution in [0.4, 0.5) is 0 Å². The molecule has 0 fully saturated rings. The number of hydrogen-bond donors (Lipinski definition) is 0. The average molecular weight is 283 g/mol. The highest BCUT2D eigenvalue weighted by molar-refractivity contribution is 4.50. The minimum absolute atomic E-state index is 0.900. The third kappa shape index (κ3) is 18.0. The lowest BCUT2D eigenvalue weighted by molar-refractivity contribution is 0.502. The van der Waals surface area contributed by atoms with Crippen LogP contribution >= 0.6 is 0 Å². The van der Waals surface area contributed by atoms with Crippen LogP contribution in [0.1, 0.15) is 124 Å². The molecule has 0 spiro atoms. The van der Waals surface area contributed by atoms with Crippen molar-refractivity contribution in [2.24, 2.45) is 5.92 Å². The number of rotatable bonds is 16. The van der Waals surface area contributed by atoms with Crippen molar-refractivity contribution in [1.29, 1.82) is 0 Å². The third-order valence-corrected chi connectivity index (χ3v) is 4.39. The Morgan fingerprint density at radius 3 is 1.05 bits per heavy atom. The molecule has 0 aliphatic rings. The molecule has 0 aliphatic carbocycles. The molecule has 0 aromatic rings. The van der Waals surface area contributed by atoms with Crippen molar-refractivity contribution in [3.05, 3.63) is 0 Å². The van der Waals surface area contributed by atoms with Crippen LogP contribution in [-0.4, -0.2) is 0 Å². The van der Waals surface area contributed by atoms with Gasteiger partial charge in [-0.1, -0.05) is 124 Å². The molecule has 0 aromatic heterocycles. The zero-order chi connectivity index (χ0) is 14.9. The second-order valence-electron chi connectivity index (χ2n) is 7.13. The van der Waals surface area contributed by atoms with Gasteiger partial charge in [0.1, 0.15) is 0 Å². The molecular weight excluding hydrogens is 240 g/mol. The predicted molar refractivity (Wildman–Crippen MR) is 94.4 cm³/mol. The first kappa shape index (κ1) is 20.0. The minimum Gasteiger partial charge on any atom is -0.0654 e. The van der Waals surface area contributed by atoms with E-state index in [0.717, 1.165) is 5.92 Å². The third-order valence-electron chi connectivity index (χ3n) is 4.39. The van der Waals surface area contributed by atoms with Crippen molar-refractivity contribution in [2.45, 2.75) is 124 Å². The monoisotopic (exact) mass is 282 g/mol. The molecule has 0 saturated heterocycles. The molecule has 20 heavy (non-hydrogen) atoms. The van der Waals surface area contributed by atoms with E-state index in [1.165, 1.54) is 103 Å². The van der Waals surface area contributed by atoms with Crippen LogP contribution in [0.2, 0.25) is 0 Å². The Balaban J connectivity index is 2.92. The van der Waals surface area contributed by atoms with Gasteiger partial charge in [0.05, 0.1) is 0 Å². The summed E-state index contributed by atoms with van der Waals surface area (Å²) in [6.07, 6.45) is 23.5. The lowest BCUT2D eigenvalue weighted by Crippen LogP contribution is -1.87. The summed E-state index contributed by atoms with van der Waals surface area (Å²) in [6, 6.07) is 0. The van der Waals surface area contributed by atoms with Crippen LogP contribution in [0.5, 0.6) is 0 Å². The zero-order valence-electron chi connectivity index (χ0n) is 14.9. The highest BCUT2D eigenvalue weighted by Crippen LogP contribution is 2.14. The fourth-order valence-electron chi connectivity index (χ4n) is 2.92. The van der Waals surface area contributed by atoms with Crippen molar-refractivity contribution in [3.8, 4) is 0 Å². The molecule has 0 rings (SSSR count). The molecule has 0 unspecified atom stereocenters. The van der Waals surface area contributed by atoms with Crippen LogP contribution in [0, 0.1) is 5.92 Å². The van der Waals surface area contributed by atoms with Gasteiger partial charge in [0, 0.05) is 0 Å². The van der Waals surface area contributed by atoms with Crippen molar-refractivity contribution < 1.29 is 0 Å². The molecule has 0 radical (unpaired) electrons. The van der Waals surface area contributed by atoms with Crippen LogP contribution in [0.3, 0.4) is 0 Å². The van der Waals surface area contributed by atoms with E-state index in [2.05, 4.69) is 20.8 Å². The van der Waals surface area contributed by atoms with E-state index in [9.17, 15) is 0 Å². The standard InChI is InChI=1S/C20H42/c1-4-5-6-7-8-9-10-11-12-13-14-15-16-17-18-19-20(2)3/h20H,4-19H2,1-3H3. The Labute approximate surface area is 130 Å². The smallest absolute Gasteiger partial charge is 0.0471 e. The zero-order valence-corrected chi connectivity index (χ0v) is 14.9. The van der Waals surface area contributed by atoms with Crippen LogP contribution in [0.15, 0.2) is 0 Å².